The second-order valence-corrected chi connectivity index (χ2v) is 9.99. The molecule has 1 fully saturated rings. The minimum Gasteiger partial charge on any atom is -0.507 e. The molecule has 192 valence electrons. The summed E-state index contributed by atoms with van der Waals surface area (Å²) in [5.41, 5.74) is 3.77. The Morgan fingerprint density at radius 2 is 1.69 bits per heavy atom. The molecule has 10 nitrogen and oxygen atoms in total. The van der Waals surface area contributed by atoms with Crippen LogP contribution in [0.1, 0.15) is 75.8 Å². The molecule has 5 rings (SSSR count). The zero-order valence-corrected chi connectivity index (χ0v) is 19.8. The van der Waals surface area contributed by atoms with Crippen LogP contribution in [-0.2, 0) is 15.9 Å². The van der Waals surface area contributed by atoms with Gasteiger partial charge in [0.25, 0.3) is 0 Å². The summed E-state index contributed by atoms with van der Waals surface area (Å²) in [6, 6.07) is 5.47. The predicted molar refractivity (Wildman–Crippen MR) is 125 cm³/mol. The minimum atomic E-state index is -1.78. The topological polar surface area (TPSA) is 180 Å². The summed E-state index contributed by atoms with van der Waals surface area (Å²) in [5, 5.41) is 54.4. The fraction of sp³-hybridized carbons (Fsp3) is 0.462. The van der Waals surface area contributed by atoms with E-state index in [-0.39, 0.29) is 52.6 Å². The van der Waals surface area contributed by atoms with E-state index in [1.807, 2.05) is 0 Å². The maximum absolute atomic E-state index is 13.3. The van der Waals surface area contributed by atoms with Gasteiger partial charge in [-0.3, -0.25) is 9.59 Å². The standard InChI is InChI=1S/C26H29NO9/c1-10-21(29)15(27)7-17(35-10)36-16-9-26(34,11(2)28)8-14-18(16)25(33)20-19(24(14)32)22(30)12-5-3-4-6-13(12)23(20)31/h3-6,10-11,15-17,21,28-29,32-34H,7-9,27H2,1-2H3/t10-,11-,15-,16+,17-,21+,26+/m1/s1. The van der Waals surface area contributed by atoms with Crippen molar-refractivity contribution >= 4 is 11.6 Å². The van der Waals surface area contributed by atoms with E-state index >= 15 is 0 Å². The normalized spacial score (nSPS) is 32.4. The van der Waals surface area contributed by atoms with Crippen molar-refractivity contribution in [1.29, 1.82) is 0 Å². The molecule has 36 heavy (non-hydrogen) atoms. The average Bonchev–Trinajstić information content (AvgIpc) is 2.82. The summed E-state index contributed by atoms with van der Waals surface area (Å²) in [5.74, 6) is -2.35. The Kier molecular flexibility index (Phi) is 5.94. The lowest BCUT2D eigenvalue weighted by Gasteiger charge is -2.43. The molecule has 0 aromatic heterocycles. The molecule has 10 heteroatoms. The van der Waals surface area contributed by atoms with Crippen molar-refractivity contribution in [3.05, 3.63) is 57.6 Å². The summed E-state index contributed by atoms with van der Waals surface area (Å²) in [4.78, 5) is 26.6. The van der Waals surface area contributed by atoms with Crippen LogP contribution in [0.4, 0.5) is 0 Å². The Hall–Kier alpha value is -2.86. The van der Waals surface area contributed by atoms with Crippen LogP contribution in [0, 0.1) is 0 Å². The lowest BCUT2D eigenvalue weighted by atomic mass is 9.71. The number of carbonyl (C=O) groups is 2. The number of carbonyl (C=O) groups excluding carboxylic acids is 2. The highest BCUT2D eigenvalue weighted by molar-refractivity contribution is 6.30. The summed E-state index contributed by atoms with van der Waals surface area (Å²) in [7, 11) is 0. The van der Waals surface area contributed by atoms with E-state index in [2.05, 4.69) is 0 Å². The van der Waals surface area contributed by atoms with E-state index in [4.69, 9.17) is 15.2 Å². The highest BCUT2D eigenvalue weighted by Gasteiger charge is 2.49. The number of ether oxygens (including phenoxy) is 2. The number of aliphatic hydroxyl groups excluding tert-OH is 2. The van der Waals surface area contributed by atoms with E-state index in [1.54, 1.807) is 19.1 Å². The number of nitrogens with two attached hydrogens (primary N) is 1. The molecular formula is C26H29NO9. The van der Waals surface area contributed by atoms with Crippen molar-refractivity contribution < 1.29 is 44.6 Å². The Labute approximate surface area is 206 Å². The molecule has 2 aromatic carbocycles. The second kappa shape index (κ2) is 8.62. The Morgan fingerprint density at radius 3 is 2.25 bits per heavy atom. The van der Waals surface area contributed by atoms with Gasteiger partial charge in [-0.25, -0.2) is 0 Å². The van der Waals surface area contributed by atoms with Crippen molar-refractivity contribution in [2.45, 2.75) is 75.5 Å². The van der Waals surface area contributed by atoms with Crippen LogP contribution in [-0.4, -0.2) is 73.3 Å². The first-order valence-corrected chi connectivity index (χ1v) is 11.9. The van der Waals surface area contributed by atoms with Gasteiger partial charge < -0.3 is 40.7 Å². The van der Waals surface area contributed by atoms with E-state index in [0.29, 0.717) is 0 Å². The van der Waals surface area contributed by atoms with Crippen molar-refractivity contribution in [2.24, 2.45) is 5.73 Å². The van der Waals surface area contributed by atoms with Crippen LogP contribution in [0.3, 0.4) is 0 Å². The zero-order valence-electron chi connectivity index (χ0n) is 19.8. The summed E-state index contributed by atoms with van der Waals surface area (Å²) in [6.45, 7) is 3.01. The lowest BCUT2D eigenvalue weighted by Crippen LogP contribution is -2.53. The van der Waals surface area contributed by atoms with Crippen LogP contribution in [0.15, 0.2) is 24.3 Å². The van der Waals surface area contributed by atoms with Crippen LogP contribution >= 0.6 is 0 Å². The quantitative estimate of drug-likeness (QED) is 0.282. The van der Waals surface area contributed by atoms with E-state index in [0.717, 1.165) is 0 Å². The van der Waals surface area contributed by atoms with Crippen LogP contribution < -0.4 is 5.73 Å². The molecule has 1 aliphatic heterocycles. The average molecular weight is 500 g/mol. The van der Waals surface area contributed by atoms with Gasteiger partial charge in [0.2, 0.25) is 0 Å². The summed E-state index contributed by atoms with van der Waals surface area (Å²) < 4.78 is 11.8. The monoisotopic (exact) mass is 499 g/mol. The molecule has 7 N–H and O–H groups in total. The van der Waals surface area contributed by atoms with Crippen molar-refractivity contribution in [3.63, 3.8) is 0 Å². The number of rotatable bonds is 3. The molecule has 1 saturated heterocycles. The summed E-state index contributed by atoms with van der Waals surface area (Å²) >= 11 is 0. The Morgan fingerprint density at radius 1 is 1.11 bits per heavy atom. The van der Waals surface area contributed by atoms with E-state index in [9.17, 15) is 35.1 Å². The maximum atomic E-state index is 13.3. The molecule has 0 radical (unpaired) electrons. The molecule has 1 heterocycles. The number of phenolic OH excluding ortho intramolecular Hbond substituents is 2. The first-order chi connectivity index (χ1) is 16.9. The fourth-order valence-electron chi connectivity index (χ4n) is 5.50. The number of hydrogen-bond acceptors (Lipinski definition) is 10. The predicted octanol–water partition coefficient (Wildman–Crippen LogP) is 0.812. The van der Waals surface area contributed by atoms with Gasteiger partial charge in [-0.05, 0) is 13.8 Å². The fourth-order valence-corrected chi connectivity index (χ4v) is 5.50. The molecule has 2 aromatic rings. The number of hydrogen-bond donors (Lipinski definition) is 6. The maximum Gasteiger partial charge on any atom is 0.198 e. The van der Waals surface area contributed by atoms with Crippen LogP contribution in [0.2, 0.25) is 0 Å². The van der Waals surface area contributed by atoms with Gasteiger partial charge in [-0.1, -0.05) is 24.3 Å². The molecule has 0 unspecified atom stereocenters. The molecule has 2 aliphatic carbocycles. The third-order valence-electron chi connectivity index (χ3n) is 7.65. The summed E-state index contributed by atoms with van der Waals surface area (Å²) in [6.07, 6.45) is -5.29. The van der Waals surface area contributed by atoms with Gasteiger partial charge in [0, 0.05) is 47.6 Å². The molecule has 0 bridgehead atoms. The third-order valence-corrected chi connectivity index (χ3v) is 7.65. The lowest BCUT2D eigenvalue weighted by molar-refractivity contribution is -0.250. The van der Waals surface area contributed by atoms with Crippen molar-refractivity contribution in [2.75, 3.05) is 0 Å². The van der Waals surface area contributed by atoms with Gasteiger partial charge in [0.05, 0.1) is 41.1 Å². The van der Waals surface area contributed by atoms with Crippen LogP contribution in [0.25, 0.3) is 0 Å². The number of aliphatic hydroxyl groups is 3. The minimum absolute atomic E-state index is 0.000350. The Bertz CT molecular complexity index is 1250. The van der Waals surface area contributed by atoms with Gasteiger partial charge in [0.15, 0.2) is 17.9 Å². The highest BCUT2D eigenvalue weighted by Crippen LogP contribution is 2.52. The largest absolute Gasteiger partial charge is 0.507 e. The molecular weight excluding hydrogens is 470 g/mol. The van der Waals surface area contributed by atoms with Gasteiger partial charge in [-0.2, -0.15) is 0 Å². The van der Waals surface area contributed by atoms with Gasteiger partial charge >= 0.3 is 0 Å². The molecule has 0 amide bonds. The molecule has 7 atom stereocenters. The highest BCUT2D eigenvalue weighted by atomic mass is 16.7. The second-order valence-electron chi connectivity index (χ2n) is 9.99. The Balaban J connectivity index is 1.66. The van der Waals surface area contributed by atoms with Gasteiger partial charge in [-0.15, -0.1) is 0 Å². The number of benzene rings is 2. The SMILES string of the molecule is C[C@H]1O[C@H](O[C@H]2C[C@](O)([C@@H](C)O)Cc3c(O)c4c(c(O)c32)C(=O)c2ccccc2C4=O)C[C@@H](N)[C@H]1O. The molecule has 3 aliphatic rings. The first kappa shape index (κ1) is 24.8. The zero-order chi connectivity index (χ0) is 26.1. The number of phenols is 2. The number of fused-ring (bicyclic) bond motifs is 3. The van der Waals surface area contributed by atoms with Gasteiger partial charge in [0.1, 0.15) is 11.5 Å². The van der Waals surface area contributed by atoms with E-state index < -0.39 is 65.4 Å². The first-order valence-electron chi connectivity index (χ1n) is 11.9. The van der Waals surface area contributed by atoms with Crippen molar-refractivity contribution in [1.82, 2.24) is 0 Å². The van der Waals surface area contributed by atoms with Crippen LogP contribution in [0.5, 0.6) is 11.5 Å². The molecule has 0 saturated carbocycles. The number of ketones is 2. The number of aromatic hydroxyl groups is 2. The van der Waals surface area contributed by atoms with E-state index in [1.165, 1.54) is 19.1 Å². The smallest absolute Gasteiger partial charge is 0.198 e. The van der Waals surface area contributed by atoms with Crippen molar-refractivity contribution in [3.8, 4) is 11.5 Å². The third kappa shape index (κ3) is 3.64. The molecule has 0 spiro atoms.